The molecule has 2 N–H and O–H groups in total. The second kappa shape index (κ2) is 6.65. The first kappa shape index (κ1) is 14.7. The van der Waals surface area contributed by atoms with Crippen LogP contribution in [0, 0.1) is 6.92 Å². The highest BCUT2D eigenvalue weighted by Gasteiger charge is 2.14. The number of thiazole rings is 1. The molecule has 1 atom stereocenters. The van der Waals surface area contributed by atoms with Crippen LogP contribution in [-0.4, -0.2) is 22.0 Å². The highest BCUT2D eigenvalue weighted by molar-refractivity contribution is 7.09. The third-order valence-corrected chi connectivity index (χ3v) is 4.19. The number of aromatic nitrogens is 3. The predicted molar refractivity (Wildman–Crippen MR) is 84.5 cm³/mol. The highest BCUT2D eigenvalue weighted by atomic mass is 32.1. The fraction of sp³-hybridized carbons (Fsp3) is 0.500. The molecule has 0 aliphatic heterocycles. The molecule has 0 spiro atoms. The molecule has 0 fully saturated rings. The van der Waals surface area contributed by atoms with E-state index in [0.29, 0.717) is 0 Å². The number of hydrogen-bond acceptors (Lipinski definition) is 6. The Kier molecular flexibility index (Phi) is 4.89. The first-order valence-electron chi connectivity index (χ1n) is 6.85. The molecule has 0 amide bonds. The SMILES string of the molecule is CCCc1c(NC)ncnc1NC(C)c1nc(C)cs1. The Morgan fingerprint density at radius 3 is 2.65 bits per heavy atom. The van der Waals surface area contributed by atoms with Gasteiger partial charge in [0, 0.05) is 23.7 Å². The zero-order valence-corrected chi connectivity index (χ0v) is 13.2. The summed E-state index contributed by atoms with van der Waals surface area (Å²) in [4.78, 5) is 13.2. The molecule has 5 nitrogen and oxygen atoms in total. The van der Waals surface area contributed by atoms with Gasteiger partial charge in [0.1, 0.15) is 23.0 Å². The molecule has 0 aliphatic carbocycles. The standard InChI is InChI=1S/C14H21N5S/c1-5-6-11-12(15-4)16-8-17-13(11)19-10(3)14-18-9(2)7-20-14/h7-8,10H,5-6H2,1-4H3,(H2,15,16,17,19). The monoisotopic (exact) mass is 291 g/mol. The van der Waals surface area contributed by atoms with Gasteiger partial charge in [-0.15, -0.1) is 11.3 Å². The first-order chi connectivity index (χ1) is 9.65. The summed E-state index contributed by atoms with van der Waals surface area (Å²) < 4.78 is 0. The topological polar surface area (TPSA) is 62.7 Å². The average molecular weight is 291 g/mol. The minimum absolute atomic E-state index is 0.143. The van der Waals surface area contributed by atoms with E-state index in [-0.39, 0.29) is 6.04 Å². The Morgan fingerprint density at radius 1 is 1.30 bits per heavy atom. The van der Waals surface area contributed by atoms with Crippen LogP contribution in [0.25, 0.3) is 0 Å². The van der Waals surface area contributed by atoms with Crippen molar-refractivity contribution in [1.29, 1.82) is 0 Å². The second-order valence-corrected chi connectivity index (χ2v) is 5.63. The molecule has 2 rings (SSSR count). The Morgan fingerprint density at radius 2 is 2.05 bits per heavy atom. The van der Waals surface area contributed by atoms with Gasteiger partial charge in [0.2, 0.25) is 0 Å². The molecular weight excluding hydrogens is 270 g/mol. The van der Waals surface area contributed by atoms with Crippen LogP contribution >= 0.6 is 11.3 Å². The van der Waals surface area contributed by atoms with E-state index in [4.69, 9.17) is 0 Å². The summed E-state index contributed by atoms with van der Waals surface area (Å²) in [6.45, 7) is 6.28. The molecular formula is C14H21N5S. The van der Waals surface area contributed by atoms with E-state index in [9.17, 15) is 0 Å². The van der Waals surface area contributed by atoms with E-state index in [1.807, 2.05) is 14.0 Å². The predicted octanol–water partition coefficient (Wildman–Crippen LogP) is 3.41. The molecule has 108 valence electrons. The molecule has 2 heterocycles. The second-order valence-electron chi connectivity index (χ2n) is 4.74. The fourth-order valence-corrected chi connectivity index (χ4v) is 2.88. The van der Waals surface area contributed by atoms with Gasteiger partial charge in [0.25, 0.3) is 0 Å². The summed E-state index contributed by atoms with van der Waals surface area (Å²) in [5.74, 6) is 1.79. The van der Waals surface area contributed by atoms with E-state index in [2.05, 4.69) is 44.8 Å². The summed E-state index contributed by atoms with van der Waals surface area (Å²) >= 11 is 1.67. The molecule has 1 unspecified atom stereocenters. The molecule has 0 saturated carbocycles. The molecule has 0 aromatic carbocycles. The van der Waals surface area contributed by atoms with E-state index in [1.165, 1.54) is 0 Å². The van der Waals surface area contributed by atoms with Crippen LogP contribution in [0.5, 0.6) is 0 Å². The van der Waals surface area contributed by atoms with Crippen molar-refractivity contribution >= 4 is 23.0 Å². The van der Waals surface area contributed by atoms with Crippen molar-refractivity contribution in [3.63, 3.8) is 0 Å². The van der Waals surface area contributed by atoms with Crippen LogP contribution in [-0.2, 0) is 6.42 Å². The third kappa shape index (κ3) is 3.25. The minimum Gasteiger partial charge on any atom is -0.373 e. The number of nitrogens with one attached hydrogen (secondary N) is 2. The number of anilines is 2. The Labute approximate surface area is 123 Å². The smallest absolute Gasteiger partial charge is 0.135 e. The quantitative estimate of drug-likeness (QED) is 0.854. The van der Waals surface area contributed by atoms with Gasteiger partial charge < -0.3 is 10.6 Å². The molecule has 6 heteroatoms. The van der Waals surface area contributed by atoms with Gasteiger partial charge in [-0.1, -0.05) is 13.3 Å². The third-order valence-electron chi connectivity index (χ3n) is 3.04. The van der Waals surface area contributed by atoms with Crippen molar-refractivity contribution in [1.82, 2.24) is 15.0 Å². The minimum atomic E-state index is 0.143. The summed E-state index contributed by atoms with van der Waals surface area (Å²) in [5.41, 5.74) is 2.20. The van der Waals surface area contributed by atoms with Crippen molar-refractivity contribution in [3.05, 3.63) is 28.0 Å². The van der Waals surface area contributed by atoms with Crippen molar-refractivity contribution < 1.29 is 0 Å². The maximum absolute atomic E-state index is 4.52. The normalized spacial score (nSPS) is 12.2. The Balaban J connectivity index is 2.24. The summed E-state index contributed by atoms with van der Waals surface area (Å²) in [6.07, 6.45) is 3.59. The highest BCUT2D eigenvalue weighted by Crippen LogP contribution is 2.26. The number of aryl methyl sites for hydroxylation is 1. The van der Waals surface area contributed by atoms with Crippen molar-refractivity contribution in [2.75, 3.05) is 17.7 Å². The summed E-state index contributed by atoms with van der Waals surface area (Å²) in [6, 6.07) is 0.143. The van der Waals surface area contributed by atoms with Crippen LogP contribution in [0.4, 0.5) is 11.6 Å². The van der Waals surface area contributed by atoms with Gasteiger partial charge in [-0.25, -0.2) is 15.0 Å². The van der Waals surface area contributed by atoms with Crippen LogP contribution < -0.4 is 10.6 Å². The zero-order valence-electron chi connectivity index (χ0n) is 12.4. The lowest BCUT2D eigenvalue weighted by Crippen LogP contribution is -2.12. The molecule has 0 saturated heterocycles. The largest absolute Gasteiger partial charge is 0.373 e. The summed E-state index contributed by atoms with van der Waals surface area (Å²) in [5, 5.41) is 9.74. The molecule has 0 radical (unpaired) electrons. The van der Waals surface area contributed by atoms with Crippen LogP contribution in [0.15, 0.2) is 11.7 Å². The van der Waals surface area contributed by atoms with Gasteiger partial charge in [-0.05, 0) is 20.3 Å². The number of hydrogen-bond donors (Lipinski definition) is 2. The number of nitrogens with zero attached hydrogens (tertiary/aromatic N) is 3. The maximum atomic E-state index is 4.52. The van der Waals surface area contributed by atoms with Gasteiger partial charge >= 0.3 is 0 Å². The molecule has 0 aliphatic rings. The lowest BCUT2D eigenvalue weighted by Gasteiger charge is -2.17. The fourth-order valence-electron chi connectivity index (χ4n) is 2.08. The van der Waals surface area contributed by atoms with Crippen LogP contribution in [0.3, 0.4) is 0 Å². The van der Waals surface area contributed by atoms with E-state index in [1.54, 1.807) is 17.7 Å². The number of rotatable bonds is 6. The maximum Gasteiger partial charge on any atom is 0.135 e. The molecule has 20 heavy (non-hydrogen) atoms. The summed E-state index contributed by atoms with van der Waals surface area (Å²) in [7, 11) is 1.89. The van der Waals surface area contributed by atoms with Gasteiger partial charge in [0.15, 0.2) is 0 Å². The Hall–Kier alpha value is -1.69. The van der Waals surface area contributed by atoms with Crippen molar-refractivity contribution in [2.24, 2.45) is 0 Å². The van der Waals surface area contributed by atoms with Crippen molar-refractivity contribution in [3.8, 4) is 0 Å². The zero-order chi connectivity index (χ0) is 14.5. The first-order valence-corrected chi connectivity index (χ1v) is 7.73. The molecule has 0 bridgehead atoms. The lowest BCUT2D eigenvalue weighted by molar-refractivity contribution is 0.835. The van der Waals surface area contributed by atoms with E-state index >= 15 is 0 Å². The van der Waals surface area contributed by atoms with Gasteiger partial charge in [-0.3, -0.25) is 0 Å². The van der Waals surface area contributed by atoms with Gasteiger partial charge in [-0.2, -0.15) is 0 Å². The van der Waals surface area contributed by atoms with Gasteiger partial charge in [0.05, 0.1) is 6.04 Å². The van der Waals surface area contributed by atoms with Crippen molar-refractivity contribution in [2.45, 2.75) is 39.7 Å². The molecule has 2 aromatic rings. The average Bonchev–Trinajstić information content (AvgIpc) is 2.87. The Bertz CT molecular complexity index is 566. The van der Waals surface area contributed by atoms with Crippen LogP contribution in [0.2, 0.25) is 0 Å². The molecule has 2 aromatic heterocycles. The van der Waals surface area contributed by atoms with E-state index < -0.39 is 0 Å². The van der Waals surface area contributed by atoms with E-state index in [0.717, 1.165) is 40.7 Å². The lowest BCUT2D eigenvalue weighted by atomic mass is 10.1. The van der Waals surface area contributed by atoms with Crippen LogP contribution in [0.1, 0.15) is 42.6 Å².